The van der Waals surface area contributed by atoms with E-state index in [0.717, 1.165) is 0 Å². The summed E-state index contributed by atoms with van der Waals surface area (Å²) in [6.07, 6.45) is 1.21. The fraction of sp³-hybridized carbons (Fsp3) is 0.778. The van der Waals surface area contributed by atoms with Gasteiger partial charge in [-0.2, -0.15) is 0 Å². The largest absolute Gasteiger partial charge is 0.0993 e. The van der Waals surface area contributed by atoms with Gasteiger partial charge < -0.3 is 0 Å². The summed E-state index contributed by atoms with van der Waals surface area (Å²) in [6.45, 7) is 13.2. The Kier molecular flexibility index (Phi) is 1.08. The van der Waals surface area contributed by atoms with Gasteiger partial charge in [0.2, 0.25) is 0 Å². The second-order valence-corrected chi connectivity index (χ2v) is 4.29. The van der Waals surface area contributed by atoms with Crippen LogP contribution in [0.3, 0.4) is 0 Å². The second kappa shape index (κ2) is 1.42. The van der Waals surface area contributed by atoms with E-state index in [0.29, 0.717) is 10.8 Å². The van der Waals surface area contributed by atoms with Gasteiger partial charge in [0.15, 0.2) is 0 Å². The predicted octanol–water partition coefficient (Wildman–Crippen LogP) is 3.00. The van der Waals surface area contributed by atoms with E-state index in [-0.39, 0.29) is 0 Å². The molecule has 1 saturated carbocycles. The predicted molar refractivity (Wildman–Crippen MR) is 41.3 cm³/mol. The van der Waals surface area contributed by atoms with Crippen LogP contribution in [0.25, 0.3) is 0 Å². The Morgan fingerprint density at radius 2 is 1.67 bits per heavy atom. The summed E-state index contributed by atoms with van der Waals surface area (Å²) in [5.74, 6) is 0. The molecule has 0 bridgehead atoms. The van der Waals surface area contributed by atoms with Crippen molar-refractivity contribution in [3.63, 3.8) is 0 Å². The fourth-order valence-electron chi connectivity index (χ4n) is 1.35. The Balaban J connectivity index is 2.82. The minimum Gasteiger partial charge on any atom is -0.0993 e. The normalized spacial score (nSPS) is 29.6. The highest BCUT2D eigenvalue weighted by atomic mass is 14.5. The molecule has 0 heteroatoms. The van der Waals surface area contributed by atoms with Crippen LogP contribution in [0.1, 0.15) is 34.1 Å². The van der Waals surface area contributed by atoms with Crippen molar-refractivity contribution in [2.24, 2.45) is 10.8 Å². The van der Waals surface area contributed by atoms with Crippen molar-refractivity contribution in [2.75, 3.05) is 0 Å². The lowest BCUT2D eigenvalue weighted by molar-refractivity contribution is 0.0648. The van der Waals surface area contributed by atoms with Crippen LogP contribution in [-0.2, 0) is 0 Å². The van der Waals surface area contributed by atoms with Crippen LogP contribution in [0.15, 0.2) is 12.2 Å². The number of hydrogen-bond acceptors (Lipinski definition) is 0. The minimum absolute atomic E-state index is 0.382. The molecule has 1 rings (SSSR count). The summed E-state index contributed by atoms with van der Waals surface area (Å²) in [4.78, 5) is 0. The van der Waals surface area contributed by atoms with Crippen LogP contribution in [0, 0.1) is 10.8 Å². The standard InChI is InChI=1S/C9H16/c1-7-6-8(2,3)9(7,4)5/h1,6H2,2-5H3. The first-order valence-electron chi connectivity index (χ1n) is 3.56. The molecule has 0 N–H and O–H groups in total. The molecule has 0 amide bonds. The van der Waals surface area contributed by atoms with Crippen LogP contribution in [0.5, 0.6) is 0 Å². The lowest BCUT2D eigenvalue weighted by atomic mass is 9.50. The van der Waals surface area contributed by atoms with Crippen molar-refractivity contribution >= 4 is 0 Å². The Morgan fingerprint density at radius 3 is 1.67 bits per heavy atom. The van der Waals surface area contributed by atoms with Crippen LogP contribution in [0.4, 0.5) is 0 Å². The summed E-state index contributed by atoms with van der Waals surface area (Å²) in [5.41, 5.74) is 2.28. The molecule has 1 fully saturated rings. The average Bonchev–Trinajstić information content (AvgIpc) is 1.65. The zero-order chi connectivity index (χ0) is 7.28. The van der Waals surface area contributed by atoms with Gasteiger partial charge in [-0.3, -0.25) is 0 Å². The SMILES string of the molecule is C=C1CC(C)(C)C1(C)C. The molecule has 52 valence electrons. The quantitative estimate of drug-likeness (QED) is 0.435. The van der Waals surface area contributed by atoms with Crippen molar-refractivity contribution in [2.45, 2.75) is 34.1 Å². The topological polar surface area (TPSA) is 0 Å². The van der Waals surface area contributed by atoms with Gasteiger partial charge in [-0.15, -0.1) is 0 Å². The first-order chi connectivity index (χ1) is 3.88. The first-order valence-corrected chi connectivity index (χ1v) is 3.56. The smallest absolute Gasteiger partial charge is 0.00930 e. The fourth-order valence-corrected chi connectivity index (χ4v) is 1.35. The van der Waals surface area contributed by atoms with Crippen LogP contribution in [0.2, 0.25) is 0 Å². The number of hydrogen-bond donors (Lipinski definition) is 0. The molecule has 0 spiro atoms. The molecule has 0 heterocycles. The van der Waals surface area contributed by atoms with Gasteiger partial charge in [0.1, 0.15) is 0 Å². The lowest BCUT2D eigenvalue weighted by Gasteiger charge is -2.54. The van der Waals surface area contributed by atoms with Crippen molar-refractivity contribution in [1.82, 2.24) is 0 Å². The molecule has 1 aliphatic carbocycles. The van der Waals surface area contributed by atoms with Gasteiger partial charge in [0.25, 0.3) is 0 Å². The van der Waals surface area contributed by atoms with Gasteiger partial charge >= 0.3 is 0 Å². The maximum atomic E-state index is 4.01. The molecule has 0 aromatic heterocycles. The van der Waals surface area contributed by atoms with Crippen molar-refractivity contribution in [3.8, 4) is 0 Å². The molecule has 0 radical (unpaired) electrons. The van der Waals surface area contributed by atoms with E-state index >= 15 is 0 Å². The maximum absolute atomic E-state index is 4.01. The van der Waals surface area contributed by atoms with Gasteiger partial charge in [-0.05, 0) is 17.3 Å². The first kappa shape index (κ1) is 6.85. The second-order valence-electron chi connectivity index (χ2n) is 4.29. The molecular weight excluding hydrogens is 108 g/mol. The summed E-state index contributed by atoms with van der Waals surface area (Å²) in [7, 11) is 0. The molecule has 0 saturated heterocycles. The van der Waals surface area contributed by atoms with E-state index in [1.807, 2.05) is 0 Å². The van der Waals surface area contributed by atoms with Gasteiger partial charge in [-0.1, -0.05) is 39.8 Å². The van der Waals surface area contributed by atoms with E-state index in [2.05, 4.69) is 34.3 Å². The molecule has 0 aliphatic heterocycles. The van der Waals surface area contributed by atoms with Crippen molar-refractivity contribution < 1.29 is 0 Å². The van der Waals surface area contributed by atoms with E-state index in [1.165, 1.54) is 12.0 Å². The Hall–Kier alpha value is -0.260. The van der Waals surface area contributed by atoms with E-state index in [9.17, 15) is 0 Å². The molecular formula is C9H16. The summed E-state index contributed by atoms with van der Waals surface area (Å²) >= 11 is 0. The monoisotopic (exact) mass is 124 g/mol. The van der Waals surface area contributed by atoms with E-state index < -0.39 is 0 Å². The van der Waals surface area contributed by atoms with Crippen LogP contribution in [-0.4, -0.2) is 0 Å². The zero-order valence-electron chi connectivity index (χ0n) is 6.91. The Morgan fingerprint density at radius 1 is 1.22 bits per heavy atom. The average molecular weight is 124 g/mol. The third-order valence-electron chi connectivity index (χ3n) is 3.23. The molecule has 1 aliphatic rings. The summed E-state index contributed by atoms with van der Waals surface area (Å²) < 4.78 is 0. The summed E-state index contributed by atoms with van der Waals surface area (Å²) in [5, 5.41) is 0. The Bertz CT molecular complexity index is 149. The highest BCUT2D eigenvalue weighted by Crippen LogP contribution is 2.58. The molecule has 0 aromatic rings. The number of rotatable bonds is 0. The van der Waals surface area contributed by atoms with Gasteiger partial charge in [0, 0.05) is 0 Å². The highest BCUT2D eigenvalue weighted by molar-refractivity contribution is 5.24. The van der Waals surface area contributed by atoms with Gasteiger partial charge in [-0.25, -0.2) is 0 Å². The Labute approximate surface area is 58.0 Å². The molecule has 0 atom stereocenters. The molecule has 0 aromatic carbocycles. The minimum atomic E-state index is 0.382. The molecule has 9 heavy (non-hydrogen) atoms. The zero-order valence-corrected chi connectivity index (χ0v) is 6.91. The van der Waals surface area contributed by atoms with Crippen LogP contribution < -0.4 is 0 Å². The summed E-state index contributed by atoms with van der Waals surface area (Å²) in [6, 6.07) is 0. The van der Waals surface area contributed by atoms with Crippen molar-refractivity contribution in [3.05, 3.63) is 12.2 Å². The third-order valence-corrected chi connectivity index (χ3v) is 3.23. The van der Waals surface area contributed by atoms with Crippen LogP contribution >= 0.6 is 0 Å². The van der Waals surface area contributed by atoms with Crippen molar-refractivity contribution in [1.29, 1.82) is 0 Å². The van der Waals surface area contributed by atoms with Gasteiger partial charge in [0.05, 0.1) is 0 Å². The third kappa shape index (κ3) is 0.654. The molecule has 0 unspecified atom stereocenters. The lowest BCUT2D eigenvalue weighted by Crippen LogP contribution is -2.44. The van der Waals surface area contributed by atoms with E-state index in [1.54, 1.807) is 0 Å². The highest BCUT2D eigenvalue weighted by Gasteiger charge is 2.48. The van der Waals surface area contributed by atoms with E-state index in [4.69, 9.17) is 0 Å². The molecule has 0 nitrogen and oxygen atoms in total. The number of allylic oxidation sites excluding steroid dienone is 1. The maximum Gasteiger partial charge on any atom is -0.00930 e.